The van der Waals surface area contributed by atoms with Crippen molar-refractivity contribution in [3.05, 3.63) is 45.5 Å². The Bertz CT molecular complexity index is 637. The van der Waals surface area contributed by atoms with Gasteiger partial charge < -0.3 is 15.4 Å². The smallest absolute Gasteiger partial charge is 0.323 e. The van der Waals surface area contributed by atoms with Crippen LogP contribution in [0.3, 0.4) is 0 Å². The highest BCUT2D eigenvalue weighted by atomic mass is 35.5. The molecule has 2 aromatic heterocycles. The molecule has 1 amide bonds. The molecule has 2 rings (SSSR count). The fourth-order valence-corrected chi connectivity index (χ4v) is 1.57. The second kappa shape index (κ2) is 5.02. The Labute approximate surface area is 112 Å². The van der Waals surface area contributed by atoms with Crippen LogP contribution >= 0.6 is 11.6 Å². The summed E-state index contributed by atoms with van der Waals surface area (Å²) in [6.07, 6.45) is 2.57. The van der Waals surface area contributed by atoms with Crippen molar-refractivity contribution in [1.29, 1.82) is 0 Å². The molecule has 2 heterocycles. The maximum Gasteiger partial charge on any atom is 0.323 e. The summed E-state index contributed by atoms with van der Waals surface area (Å²) in [5, 5.41) is 13.3. The first-order valence-corrected chi connectivity index (χ1v) is 5.46. The van der Waals surface area contributed by atoms with Crippen molar-refractivity contribution in [2.75, 3.05) is 5.32 Å². The van der Waals surface area contributed by atoms with Crippen LogP contribution in [-0.2, 0) is 7.05 Å². The maximum atomic E-state index is 11.9. The zero-order valence-corrected chi connectivity index (χ0v) is 10.5. The second-order valence-electron chi connectivity index (χ2n) is 3.57. The van der Waals surface area contributed by atoms with E-state index in [2.05, 4.69) is 15.3 Å². The summed E-state index contributed by atoms with van der Waals surface area (Å²) >= 11 is 5.56. The largest absolute Gasteiger partial charge is 0.358 e. The first-order chi connectivity index (χ1) is 8.99. The van der Waals surface area contributed by atoms with E-state index in [1.54, 1.807) is 0 Å². The van der Waals surface area contributed by atoms with E-state index in [1.165, 1.54) is 36.1 Å². The Morgan fingerprint density at radius 2 is 2.16 bits per heavy atom. The molecular formula is C10H8ClN5O3. The fourth-order valence-electron chi connectivity index (χ4n) is 1.47. The highest BCUT2D eigenvalue weighted by Gasteiger charge is 2.20. The molecule has 0 aliphatic heterocycles. The Balaban J connectivity index is 2.21. The third-order valence-corrected chi connectivity index (χ3v) is 2.57. The molecule has 0 aliphatic carbocycles. The van der Waals surface area contributed by atoms with Crippen LogP contribution in [0.5, 0.6) is 0 Å². The minimum absolute atomic E-state index is 0.142. The van der Waals surface area contributed by atoms with Crippen LogP contribution in [0.15, 0.2) is 24.5 Å². The van der Waals surface area contributed by atoms with Crippen molar-refractivity contribution in [1.82, 2.24) is 14.5 Å². The summed E-state index contributed by atoms with van der Waals surface area (Å²) in [6, 6.07) is 2.61. The Kier molecular flexibility index (Phi) is 3.43. The summed E-state index contributed by atoms with van der Waals surface area (Å²) in [5.74, 6) is -0.488. The minimum Gasteiger partial charge on any atom is -0.358 e. The summed E-state index contributed by atoms with van der Waals surface area (Å²) in [6.45, 7) is 0. The zero-order chi connectivity index (χ0) is 14.0. The number of hydrogen-bond acceptors (Lipinski definition) is 5. The van der Waals surface area contributed by atoms with E-state index in [0.29, 0.717) is 0 Å². The average Bonchev–Trinajstić information content (AvgIpc) is 2.74. The van der Waals surface area contributed by atoms with Gasteiger partial charge in [0, 0.05) is 6.07 Å². The van der Waals surface area contributed by atoms with Crippen LogP contribution in [0.1, 0.15) is 10.5 Å². The van der Waals surface area contributed by atoms with Gasteiger partial charge in [-0.15, -0.1) is 0 Å². The lowest BCUT2D eigenvalue weighted by atomic mass is 10.4. The third kappa shape index (κ3) is 2.68. The molecule has 0 radical (unpaired) electrons. The molecule has 0 aromatic carbocycles. The number of anilines is 1. The SMILES string of the molecule is Cn1c(C(=O)Nc2cnc(Cl)cn2)ccc1[N+](=O)[O-]. The van der Waals surface area contributed by atoms with E-state index >= 15 is 0 Å². The van der Waals surface area contributed by atoms with Crippen LogP contribution in [0.2, 0.25) is 5.15 Å². The van der Waals surface area contributed by atoms with Gasteiger partial charge in [-0.1, -0.05) is 11.6 Å². The van der Waals surface area contributed by atoms with E-state index in [-0.39, 0.29) is 22.5 Å². The van der Waals surface area contributed by atoms with Crippen molar-refractivity contribution in [3.63, 3.8) is 0 Å². The molecule has 0 fully saturated rings. The fraction of sp³-hybridized carbons (Fsp3) is 0.100. The van der Waals surface area contributed by atoms with E-state index in [1.807, 2.05) is 0 Å². The Hall–Kier alpha value is -2.48. The molecule has 19 heavy (non-hydrogen) atoms. The van der Waals surface area contributed by atoms with Gasteiger partial charge in [0.05, 0.1) is 19.4 Å². The number of hydrogen-bond donors (Lipinski definition) is 1. The molecule has 8 nitrogen and oxygen atoms in total. The standard InChI is InChI=1S/C10H8ClN5O3/c1-15-6(2-3-9(15)16(18)19)10(17)14-8-5-12-7(11)4-13-8/h2-5H,1H3,(H,13,14,17). The predicted molar refractivity (Wildman–Crippen MR) is 67.1 cm³/mol. The van der Waals surface area contributed by atoms with Crippen LogP contribution < -0.4 is 5.32 Å². The molecular weight excluding hydrogens is 274 g/mol. The molecule has 0 saturated carbocycles. The minimum atomic E-state index is -0.571. The number of nitro groups is 1. The van der Waals surface area contributed by atoms with Gasteiger partial charge in [-0.25, -0.2) is 14.5 Å². The average molecular weight is 282 g/mol. The van der Waals surface area contributed by atoms with Crippen LogP contribution in [0.4, 0.5) is 11.6 Å². The van der Waals surface area contributed by atoms with Gasteiger partial charge in [0.2, 0.25) is 0 Å². The van der Waals surface area contributed by atoms with Crippen LogP contribution in [0.25, 0.3) is 0 Å². The van der Waals surface area contributed by atoms with Gasteiger partial charge in [-0.2, -0.15) is 0 Å². The van der Waals surface area contributed by atoms with Crippen molar-refractivity contribution in [2.45, 2.75) is 0 Å². The molecule has 0 unspecified atom stereocenters. The summed E-state index contributed by atoms with van der Waals surface area (Å²) in [7, 11) is 1.43. The maximum absolute atomic E-state index is 11.9. The highest BCUT2D eigenvalue weighted by molar-refractivity contribution is 6.29. The first-order valence-electron chi connectivity index (χ1n) is 5.08. The molecule has 1 N–H and O–H groups in total. The monoisotopic (exact) mass is 281 g/mol. The number of rotatable bonds is 3. The topological polar surface area (TPSA) is 103 Å². The molecule has 2 aromatic rings. The zero-order valence-electron chi connectivity index (χ0n) is 9.70. The molecule has 0 aliphatic rings. The molecule has 0 atom stereocenters. The van der Waals surface area contributed by atoms with Gasteiger partial charge >= 0.3 is 5.82 Å². The van der Waals surface area contributed by atoms with E-state index in [9.17, 15) is 14.9 Å². The number of amides is 1. The normalized spacial score (nSPS) is 10.2. The lowest BCUT2D eigenvalue weighted by Crippen LogP contribution is -2.17. The quantitative estimate of drug-likeness (QED) is 0.680. The second-order valence-corrected chi connectivity index (χ2v) is 3.96. The van der Waals surface area contributed by atoms with Gasteiger partial charge in [0.25, 0.3) is 5.91 Å². The van der Waals surface area contributed by atoms with Crippen molar-refractivity contribution < 1.29 is 9.72 Å². The van der Waals surface area contributed by atoms with Gasteiger partial charge in [0.15, 0.2) is 11.5 Å². The number of nitrogens with one attached hydrogen (secondary N) is 1. The van der Waals surface area contributed by atoms with E-state index < -0.39 is 10.8 Å². The Morgan fingerprint density at radius 1 is 1.42 bits per heavy atom. The first kappa shape index (κ1) is 13.0. The lowest BCUT2D eigenvalue weighted by Gasteiger charge is -2.02. The highest BCUT2D eigenvalue weighted by Crippen LogP contribution is 2.16. The molecule has 0 spiro atoms. The summed E-state index contributed by atoms with van der Waals surface area (Å²) < 4.78 is 1.18. The van der Waals surface area contributed by atoms with Gasteiger partial charge in [-0.05, 0) is 11.0 Å². The molecule has 0 bridgehead atoms. The van der Waals surface area contributed by atoms with Gasteiger partial charge in [0.1, 0.15) is 5.15 Å². The number of aromatic nitrogens is 3. The van der Waals surface area contributed by atoms with Crippen LogP contribution in [-0.4, -0.2) is 25.4 Å². The van der Waals surface area contributed by atoms with Gasteiger partial charge in [-0.3, -0.25) is 4.79 Å². The van der Waals surface area contributed by atoms with Crippen molar-refractivity contribution in [3.8, 4) is 0 Å². The van der Waals surface area contributed by atoms with Crippen molar-refractivity contribution >= 4 is 29.1 Å². The lowest BCUT2D eigenvalue weighted by molar-refractivity contribution is -0.391. The van der Waals surface area contributed by atoms with Crippen molar-refractivity contribution in [2.24, 2.45) is 7.05 Å². The number of halogens is 1. The number of carbonyl (C=O) groups excluding carboxylic acids is 1. The third-order valence-electron chi connectivity index (χ3n) is 2.38. The number of nitrogens with zero attached hydrogens (tertiary/aromatic N) is 4. The molecule has 9 heteroatoms. The van der Waals surface area contributed by atoms with E-state index in [4.69, 9.17) is 11.6 Å². The van der Waals surface area contributed by atoms with Crippen LogP contribution in [0, 0.1) is 10.1 Å². The number of carbonyl (C=O) groups is 1. The Morgan fingerprint density at radius 3 is 2.68 bits per heavy atom. The summed E-state index contributed by atoms with van der Waals surface area (Å²) in [4.78, 5) is 29.6. The molecule has 0 saturated heterocycles. The predicted octanol–water partition coefficient (Wildman–Crippen LogP) is 1.63. The molecule has 98 valence electrons. The summed E-state index contributed by atoms with van der Waals surface area (Å²) in [5.41, 5.74) is 0.142. The van der Waals surface area contributed by atoms with E-state index in [0.717, 1.165) is 0 Å².